The fourth-order valence-corrected chi connectivity index (χ4v) is 1.71. The summed E-state index contributed by atoms with van der Waals surface area (Å²) in [5.41, 5.74) is 4.19. The van der Waals surface area contributed by atoms with Gasteiger partial charge in [-0.05, 0) is 30.2 Å². The first-order valence-electron chi connectivity index (χ1n) is 5.39. The molecule has 2 aromatic rings. The van der Waals surface area contributed by atoms with Gasteiger partial charge in [-0.3, -0.25) is 0 Å². The van der Waals surface area contributed by atoms with Gasteiger partial charge in [0.25, 0.3) is 0 Å². The largest absolute Gasteiger partial charge is 0.323 e. The summed E-state index contributed by atoms with van der Waals surface area (Å²) in [6.07, 6.45) is 1.78. The molecule has 4 heteroatoms. The van der Waals surface area contributed by atoms with E-state index in [-0.39, 0.29) is 0 Å². The molecule has 16 heavy (non-hydrogen) atoms. The molecule has 0 spiro atoms. The van der Waals surface area contributed by atoms with Crippen LogP contribution in [-0.2, 0) is 0 Å². The molecule has 0 aliphatic carbocycles. The molecule has 2 heterocycles. The van der Waals surface area contributed by atoms with E-state index in [0.717, 1.165) is 22.2 Å². The molecule has 0 bridgehead atoms. The molecule has 0 radical (unpaired) electrons. The van der Waals surface area contributed by atoms with Crippen LogP contribution in [0.2, 0.25) is 0 Å². The van der Waals surface area contributed by atoms with Gasteiger partial charge in [-0.2, -0.15) is 0 Å². The maximum absolute atomic E-state index is 5.29. The summed E-state index contributed by atoms with van der Waals surface area (Å²) in [5, 5.41) is 1.09. The molecule has 2 aromatic heterocycles. The Hall–Kier alpha value is -1.42. The Kier molecular flexibility index (Phi) is 3.19. The van der Waals surface area contributed by atoms with Crippen molar-refractivity contribution in [3.05, 3.63) is 35.1 Å². The monoisotopic (exact) mass is 233 g/mol. The number of nitrogens with one attached hydrogen (secondary N) is 1. The lowest BCUT2D eigenvalue weighted by atomic mass is 10.2. The second kappa shape index (κ2) is 4.61. The zero-order valence-corrected chi connectivity index (χ0v) is 10.3. The second-order valence-electron chi connectivity index (χ2n) is 4.18. The molecule has 0 fully saturated rings. The maximum Gasteiger partial charge on any atom is 0.159 e. The van der Waals surface area contributed by atoms with Crippen molar-refractivity contribution in [3.63, 3.8) is 0 Å². The van der Waals surface area contributed by atoms with Gasteiger partial charge in [-0.15, -0.1) is 0 Å². The molecule has 84 valence electrons. The molecular weight excluding hydrogens is 218 g/mol. The number of pyridine rings is 2. The van der Waals surface area contributed by atoms with Gasteiger partial charge in [0, 0.05) is 18.1 Å². The molecule has 0 atom stereocenters. The summed E-state index contributed by atoms with van der Waals surface area (Å²) < 4.78 is 2.64. The third-order valence-electron chi connectivity index (χ3n) is 2.31. The molecule has 0 unspecified atom stereocenters. The molecule has 1 N–H and O–H groups in total. The van der Waals surface area contributed by atoms with Gasteiger partial charge in [0.1, 0.15) is 4.64 Å². The Bertz CT molecular complexity index is 545. The molecule has 0 aliphatic rings. The van der Waals surface area contributed by atoms with E-state index >= 15 is 0 Å². The molecule has 0 saturated heterocycles. The predicted molar refractivity (Wildman–Crippen MR) is 69.6 cm³/mol. The smallest absolute Gasteiger partial charge is 0.159 e. The Balaban J connectivity index is 2.49. The van der Waals surface area contributed by atoms with Crippen molar-refractivity contribution < 1.29 is 0 Å². The van der Waals surface area contributed by atoms with Gasteiger partial charge >= 0.3 is 0 Å². The topological polar surface area (TPSA) is 29.9 Å². The quantitative estimate of drug-likeness (QED) is 0.827. The van der Waals surface area contributed by atoms with E-state index in [4.69, 9.17) is 12.2 Å². The standard InChI is InChI=1S/C12H15N3S/c1-9(2)8-14-15-11(16)6-5-10-4-3-7-13-12(10)15/h3-7,9,14H,8H2,1-2H3. The molecular formula is C12H15N3S. The van der Waals surface area contributed by atoms with Crippen LogP contribution in [0.1, 0.15) is 13.8 Å². The summed E-state index contributed by atoms with van der Waals surface area (Å²) in [4.78, 5) is 4.35. The first kappa shape index (κ1) is 11.1. The number of hydrogen-bond donors (Lipinski definition) is 1. The zero-order chi connectivity index (χ0) is 11.5. The summed E-state index contributed by atoms with van der Waals surface area (Å²) >= 11 is 5.29. The van der Waals surface area contributed by atoms with Gasteiger partial charge in [-0.1, -0.05) is 26.1 Å². The van der Waals surface area contributed by atoms with Crippen LogP contribution >= 0.6 is 12.2 Å². The summed E-state index contributed by atoms with van der Waals surface area (Å²) in [7, 11) is 0. The molecule has 0 amide bonds. The van der Waals surface area contributed by atoms with Crippen LogP contribution in [0.5, 0.6) is 0 Å². The summed E-state index contributed by atoms with van der Waals surface area (Å²) in [5.74, 6) is 0.570. The number of rotatable bonds is 3. The maximum atomic E-state index is 5.29. The Morgan fingerprint density at radius 1 is 1.38 bits per heavy atom. The van der Waals surface area contributed by atoms with Crippen molar-refractivity contribution in [1.82, 2.24) is 9.66 Å². The fourth-order valence-electron chi connectivity index (χ4n) is 1.49. The van der Waals surface area contributed by atoms with E-state index < -0.39 is 0 Å². The van der Waals surface area contributed by atoms with Crippen LogP contribution in [0.15, 0.2) is 30.5 Å². The van der Waals surface area contributed by atoms with E-state index in [1.807, 2.05) is 28.9 Å². The van der Waals surface area contributed by atoms with Crippen LogP contribution in [0.3, 0.4) is 0 Å². The lowest BCUT2D eigenvalue weighted by molar-refractivity contribution is 0.642. The van der Waals surface area contributed by atoms with Gasteiger partial charge in [-0.25, -0.2) is 9.66 Å². The van der Waals surface area contributed by atoms with Crippen LogP contribution in [0.4, 0.5) is 0 Å². The SMILES string of the molecule is CC(C)CNn1c(=S)ccc2cccnc21. The minimum Gasteiger partial charge on any atom is -0.323 e. The highest BCUT2D eigenvalue weighted by Crippen LogP contribution is 2.10. The number of hydrogen-bond acceptors (Lipinski definition) is 3. The highest BCUT2D eigenvalue weighted by Gasteiger charge is 2.01. The van der Waals surface area contributed by atoms with Crippen LogP contribution in [0.25, 0.3) is 11.0 Å². The Morgan fingerprint density at radius 3 is 2.94 bits per heavy atom. The average molecular weight is 233 g/mol. The first-order chi connectivity index (χ1) is 7.68. The van der Waals surface area contributed by atoms with Crippen molar-refractivity contribution in [2.45, 2.75) is 13.8 Å². The Morgan fingerprint density at radius 2 is 2.19 bits per heavy atom. The van der Waals surface area contributed by atoms with E-state index in [1.165, 1.54) is 0 Å². The number of aromatic nitrogens is 2. The first-order valence-corrected chi connectivity index (χ1v) is 5.80. The van der Waals surface area contributed by atoms with Crippen molar-refractivity contribution in [3.8, 4) is 0 Å². The van der Waals surface area contributed by atoms with Crippen LogP contribution in [0, 0.1) is 10.6 Å². The minimum atomic E-state index is 0.570. The van der Waals surface area contributed by atoms with Gasteiger partial charge < -0.3 is 5.43 Å². The van der Waals surface area contributed by atoms with E-state index in [1.54, 1.807) is 6.20 Å². The zero-order valence-electron chi connectivity index (χ0n) is 9.47. The molecule has 3 nitrogen and oxygen atoms in total. The van der Waals surface area contributed by atoms with Crippen molar-refractivity contribution in [2.75, 3.05) is 12.0 Å². The summed E-state index contributed by atoms with van der Waals surface area (Å²) in [6.45, 7) is 5.20. The van der Waals surface area contributed by atoms with E-state index in [9.17, 15) is 0 Å². The van der Waals surface area contributed by atoms with Gasteiger partial charge in [0.15, 0.2) is 5.65 Å². The number of nitrogens with zero attached hydrogens (tertiary/aromatic N) is 2. The lowest BCUT2D eigenvalue weighted by Gasteiger charge is -2.14. The molecule has 0 aliphatic heterocycles. The van der Waals surface area contributed by atoms with Crippen molar-refractivity contribution in [2.24, 2.45) is 5.92 Å². The number of fused-ring (bicyclic) bond motifs is 1. The summed E-state index contributed by atoms with van der Waals surface area (Å²) in [6, 6.07) is 7.88. The molecule has 0 saturated carbocycles. The molecule has 2 rings (SSSR count). The van der Waals surface area contributed by atoms with E-state index in [2.05, 4.69) is 24.3 Å². The van der Waals surface area contributed by atoms with E-state index in [0.29, 0.717) is 5.92 Å². The third-order valence-corrected chi connectivity index (χ3v) is 2.63. The normalized spacial score (nSPS) is 10.9. The minimum absolute atomic E-state index is 0.570. The Labute approximate surface area is 100 Å². The third kappa shape index (κ3) is 2.22. The second-order valence-corrected chi connectivity index (χ2v) is 4.60. The lowest BCUT2D eigenvalue weighted by Crippen LogP contribution is -2.21. The van der Waals surface area contributed by atoms with Gasteiger partial charge in [0.05, 0.1) is 0 Å². The highest BCUT2D eigenvalue weighted by atomic mass is 32.1. The van der Waals surface area contributed by atoms with Crippen molar-refractivity contribution in [1.29, 1.82) is 0 Å². The van der Waals surface area contributed by atoms with Crippen molar-refractivity contribution >= 4 is 23.3 Å². The van der Waals surface area contributed by atoms with Crippen LogP contribution < -0.4 is 5.43 Å². The fraction of sp³-hybridized carbons (Fsp3) is 0.333. The van der Waals surface area contributed by atoms with Crippen LogP contribution in [-0.4, -0.2) is 16.2 Å². The van der Waals surface area contributed by atoms with Gasteiger partial charge in [0.2, 0.25) is 0 Å². The predicted octanol–water partition coefficient (Wildman–Crippen LogP) is 2.97. The molecule has 0 aromatic carbocycles. The average Bonchev–Trinajstić information content (AvgIpc) is 2.27. The highest BCUT2D eigenvalue weighted by molar-refractivity contribution is 7.71.